The fourth-order valence-corrected chi connectivity index (χ4v) is 4.77. The van der Waals surface area contributed by atoms with Crippen LogP contribution < -0.4 is 10.6 Å². The zero-order valence-electron chi connectivity index (χ0n) is 19.1. The maximum Gasteiger partial charge on any atom is 0.471 e. The Kier molecular flexibility index (Phi) is 5.97. The van der Waals surface area contributed by atoms with Crippen molar-refractivity contribution in [3.05, 3.63) is 57.9 Å². The van der Waals surface area contributed by atoms with Gasteiger partial charge in [0.1, 0.15) is 17.2 Å². The summed E-state index contributed by atoms with van der Waals surface area (Å²) < 4.78 is 73.2. The molecule has 3 aromatic rings. The Labute approximate surface area is 211 Å². The molecule has 1 unspecified atom stereocenters. The van der Waals surface area contributed by atoms with Crippen LogP contribution in [0.1, 0.15) is 42.3 Å². The number of hydrogen-bond acceptors (Lipinski definition) is 5. The van der Waals surface area contributed by atoms with Crippen LogP contribution in [0.15, 0.2) is 28.8 Å². The molecule has 0 bridgehead atoms. The summed E-state index contributed by atoms with van der Waals surface area (Å²) in [4.78, 5) is 28.1. The van der Waals surface area contributed by atoms with Crippen molar-refractivity contribution < 1.29 is 36.1 Å². The Hall–Kier alpha value is -3.54. The second-order valence-electron chi connectivity index (χ2n) is 9.08. The van der Waals surface area contributed by atoms with E-state index in [4.69, 9.17) is 16.1 Å². The number of nitrogens with one attached hydrogen (secondary N) is 2. The highest BCUT2D eigenvalue weighted by atomic mass is 35.5. The van der Waals surface area contributed by atoms with Crippen molar-refractivity contribution in [3.8, 4) is 22.5 Å². The van der Waals surface area contributed by atoms with Gasteiger partial charge in [0.15, 0.2) is 0 Å². The number of aromatic nitrogens is 2. The van der Waals surface area contributed by atoms with Crippen LogP contribution in [0, 0.1) is 18.6 Å². The van der Waals surface area contributed by atoms with E-state index in [0.717, 1.165) is 12.1 Å². The predicted molar refractivity (Wildman–Crippen MR) is 120 cm³/mol. The van der Waals surface area contributed by atoms with E-state index in [0.29, 0.717) is 12.0 Å². The Balaban J connectivity index is 1.44. The molecule has 194 valence electrons. The van der Waals surface area contributed by atoms with E-state index in [9.17, 15) is 27.2 Å². The highest BCUT2D eigenvalue weighted by Gasteiger charge is 2.55. The molecule has 2 aromatic carbocycles. The van der Waals surface area contributed by atoms with Gasteiger partial charge in [-0.3, -0.25) is 9.59 Å². The van der Waals surface area contributed by atoms with Crippen LogP contribution in [0.4, 0.5) is 22.0 Å². The molecule has 1 heterocycles. The third-order valence-corrected chi connectivity index (χ3v) is 6.70. The molecule has 2 aliphatic rings. The molecular weight excluding hydrogens is 523 g/mol. The van der Waals surface area contributed by atoms with E-state index in [1.54, 1.807) is 11.4 Å². The van der Waals surface area contributed by atoms with Crippen molar-refractivity contribution in [1.29, 1.82) is 0 Å². The van der Waals surface area contributed by atoms with Crippen molar-refractivity contribution in [2.75, 3.05) is 0 Å². The number of benzene rings is 2. The van der Waals surface area contributed by atoms with Gasteiger partial charge in [-0.2, -0.15) is 18.2 Å². The lowest BCUT2D eigenvalue weighted by molar-refractivity contribution is -0.175. The summed E-state index contributed by atoms with van der Waals surface area (Å²) in [7, 11) is 0. The van der Waals surface area contributed by atoms with Gasteiger partial charge in [0.05, 0.1) is 11.6 Å². The summed E-state index contributed by atoms with van der Waals surface area (Å²) in [6.07, 6.45) is -4.42. The molecule has 2 amide bonds. The first-order valence-corrected chi connectivity index (χ1v) is 11.6. The number of rotatable bonds is 5. The number of carbonyl (C=O) groups is 2. The van der Waals surface area contributed by atoms with Crippen molar-refractivity contribution in [2.45, 2.75) is 50.4 Å². The van der Waals surface area contributed by atoms with Crippen LogP contribution in [0.25, 0.3) is 22.5 Å². The van der Waals surface area contributed by atoms with E-state index >= 15 is 4.39 Å². The fourth-order valence-electron chi connectivity index (χ4n) is 4.56. The van der Waals surface area contributed by atoms with E-state index in [-0.39, 0.29) is 58.3 Å². The van der Waals surface area contributed by atoms with Crippen LogP contribution in [0.5, 0.6) is 0 Å². The van der Waals surface area contributed by atoms with Crippen molar-refractivity contribution >= 4 is 23.4 Å². The van der Waals surface area contributed by atoms with Gasteiger partial charge in [-0.15, -0.1) is 0 Å². The largest absolute Gasteiger partial charge is 0.471 e. The quantitative estimate of drug-likeness (QED) is 0.446. The third-order valence-electron chi connectivity index (χ3n) is 6.48. The molecule has 1 aromatic heterocycles. The average molecular weight is 541 g/mol. The highest BCUT2D eigenvalue weighted by Crippen LogP contribution is 2.42. The average Bonchev–Trinajstić information content (AvgIpc) is 3.28. The van der Waals surface area contributed by atoms with Gasteiger partial charge in [-0.1, -0.05) is 22.8 Å². The lowest BCUT2D eigenvalue weighted by Gasteiger charge is -2.22. The van der Waals surface area contributed by atoms with Crippen LogP contribution in [-0.4, -0.2) is 33.7 Å². The fraction of sp³-hybridized carbons (Fsp3) is 0.333. The highest BCUT2D eigenvalue weighted by molar-refractivity contribution is 6.31. The summed E-state index contributed by atoms with van der Waals surface area (Å²) in [5, 5.41) is 8.15. The van der Waals surface area contributed by atoms with Crippen LogP contribution >= 0.6 is 11.6 Å². The Morgan fingerprint density at radius 1 is 1.14 bits per heavy atom. The van der Waals surface area contributed by atoms with Gasteiger partial charge in [0.25, 0.3) is 0 Å². The lowest BCUT2D eigenvalue weighted by Crippen LogP contribution is -2.53. The molecule has 1 fully saturated rings. The number of halogens is 6. The molecule has 5 rings (SSSR count). The van der Waals surface area contributed by atoms with Crippen LogP contribution in [-0.2, 0) is 16.0 Å². The lowest BCUT2D eigenvalue weighted by atomic mass is 9.95. The van der Waals surface area contributed by atoms with Crippen molar-refractivity contribution in [3.63, 3.8) is 0 Å². The molecule has 2 N–H and O–H groups in total. The third kappa shape index (κ3) is 4.65. The maximum atomic E-state index is 15.4. The topological polar surface area (TPSA) is 97.1 Å². The molecule has 7 nitrogen and oxygen atoms in total. The summed E-state index contributed by atoms with van der Waals surface area (Å²) in [6, 6.07) is 4.49. The second kappa shape index (κ2) is 8.79. The maximum absolute atomic E-state index is 15.4. The minimum absolute atomic E-state index is 0.0282. The molecule has 2 aliphatic carbocycles. The number of nitrogens with zero attached hydrogens (tertiary/aromatic N) is 2. The number of alkyl halides is 3. The SMILES string of the molecule is Cc1nc(-c2c(F)cc(Cl)cc2-c2cc(F)c3c(c2)CCC3NC(=O)C2(NC(=O)C(F)(F)F)CC2)no1. The van der Waals surface area contributed by atoms with E-state index in [1.165, 1.54) is 13.0 Å². The number of hydrogen-bond donors (Lipinski definition) is 2. The molecule has 0 radical (unpaired) electrons. The van der Waals surface area contributed by atoms with Crippen molar-refractivity contribution in [1.82, 2.24) is 20.8 Å². The number of amides is 2. The Bertz CT molecular complexity index is 1430. The standard InChI is InChI=1S/C24H18ClF5N4O3/c1-10-31-20(34-37-10)19-14(8-13(25)9-16(19)27)12-6-11-2-3-17(18(11)15(26)7-12)32-21(35)23(4-5-23)33-22(36)24(28,29)30/h6-9,17H,2-5H2,1H3,(H,32,35)(H,33,36). The minimum atomic E-state index is -5.13. The van der Waals surface area contributed by atoms with E-state index in [1.807, 2.05) is 0 Å². The molecule has 0 spiro atoms. The molecule has 1 saturated carbocycles. The second-order valence-corrected chi connectivity index (χ2v) is 9.51. The number of aryl methyl sites for hydroxylation is 2. The predicted octanol–water partition coefficient (Wildman–Crippen LogP) is 4.96. The zero-order chi connectivity index (χ0) is 26.7. The van der Waals surface area contributed by atoms with Gasteiger partial charge >= 0.3 is 12.1 Å². The molecule has 1 atom stereocenters. The molecule has 0 aliphatic heterocycles. The Morgan fingerprint density at radius 3 is 2.49 bits per heavy atom. The van der Waals surface area contributed by atoms with E-state index < -0.39 is 41.2 Å². The van der Waals surface area contributed by atoms with Gasteiger partial charge in [0.2, 0.25) is 17.6 Å². The van der Waals surface area contributed by atoms with E-state index in [2.05, 4.69) is 15.5 Å². The molecule has 13 heteroatoms. The first-order valence-electron chi connectivity index (χ1n) is 11.2. The summed E-state index contributed by atoms with van der Waals surface area (Å²) in [5.41, 5.74) is -0.471. The first-order chi connectivity index (χ1) is 17.4. The molecular formula is C24H18ClF5N4O3. The Morgan fingerprint density at radius 2 is 1.86 bits per heavy atom. The normalized spacial score (nSPS) is 17.9. The minimum Gasteiger partial charge on any atom is -0.347 e. The van der Waals surface area contributed by atoms with Gasteiger partial charge in [0, 0.05) is 17.5 Å². The van der Waals surface area contributed by atoms with Crippen LogP contribution in [0.3, 0.4) is 0 Å². The zero-order valence-corrected chi connectivity index (χ0v) is 19.9. The smallest absolute Gasteiger partial charge is 0.347 e. The number of fused-ring (bicyclic) bond motifs is 1. The van der Waals surface area contributed by atoms with Crippen LogP contribution in [0.2, 0.25) is 5.02 Å². The first kappa shape index (κ1) is 25.1. The van der Waals surface area contributed by atoms with Crippen molar-refractivity contribution in [2.24, 2.45) is 0 Å². The molecule has 0 saturated heterocycles. The molecule has 37 heavy (non-hydrogen) atoms. The monoisotopic (exact) mass is 540 g/mol. The number of carbonyl (C=O) groups excluding carboxylic acids is 2. The van der Waals surface area contributed by atoms with Gasteiger partial charge in [-0.05, 0) is 60.6 Å². The van der Waals surface area contributed by atoms with Gasteiger partial charge < -0.3 is 15.2 Å². The summed E-state index contributed by atoms with van der Waals surface area (Å²) in [5.74, 6) is -4.28. The summed E-state index contributed by atoms with van der Waals surface area (Å²) in [6.45, 7) is 1.54. The summed E-state index contributed by atoms with van der Waals surface area (Å²) >= 11 is 6.07. The van der Waals surface area contributed by atoms with Gasteiger partial charge in [-0.25, -0.2) is 8.78 Å².